The molecule has 1 heterocycles. The lowest BCUT2D eigenvalue weighted by molar-refractivity contribution is -0.126. The number of hydrogen-bond acceptors (Lipinski definition) is 3. The van der Waals surface area contributed by atoms with E-state index in [9.17, 15) is 9.59 Å². The van der Waals surface area contributed by atoms with Crippen LogP contribution in [-0.4, -0.2) is 29.8 Å². The highest BCUT2D eigenvalue weighted by Gasteiger charge is 2.28. The Labute approximate surface area is 127 Å². The lowest BCUT2D eigenvalue weighted by atomic mass is 9.95. The molecule has 2 amide bonds. The molecule has 1 aliphatic heterocycles. The highest BCUT2D eigenvalue weighted by atomic mass is 35.5. The molecule has 1 saturated heterocycles. The minimum absolute atomic E-state index is 0.135. The van der Waals surface area contributed by atoms with Gasteiger partial charge in [-0.2, -0.15) is 0 Å². The molecular weight excluding hydrogens is 301 g/mol. The lowest BCUT2D eigenvalue weighted by Gasteiger charge is -2.31. The van der Waals surface area contributed by atoms with Crippen LogP contribution in [0.5, 0.6) is 0 Å². The fraction of sp³-hybridized carbons (Fsp3) is 0.385. The summed E-state index contributed by atoms with van der Waals surface area (Å²) in [6.45, 7) is 1.02. The van der Waals surface area contributed by atoms with Gasteiger partial charge in [-0.25, -0.2) is 5.84 Å². The van der Waals surface area contributed by atoms with Crippen LogP contribution in [0.25, 0.3) is 0 Å². The van der Waals surface area contributed by atoms with Gasteiger partial charge >= 0.3 is 0 Å². The number of nitrogens with one attached hydrogen (secondary N) is 1. The number of nitrogens with two attached hydrogens (primary N) is 1. The van der Waals surface area contributed by atoms with Crippen LogP contribution in [0.15, 0.2) is 18.2 Å². The van der Waals surface area contributed by atoms with E-state index < -0.39 is 0 Å². The fourth-order valence-electron chi connectivity index (χ4n) is 2.30. The molecule has 1 aromatic carbocycles. The highest BCUT2D eigenvalue weighted by Crippen LogP contribution is 2.24. The maximum atomic E-state index is 12.4. The summed E-state index contributed by atoms with van der Waals surface area (Å²) >= 11 is 11.8. The van der Waals surface area contributed by atoms with Gasteiger partial charge < -0.3 is 4.90 Å². The first kappa shape index (κ1) is 15.1. The zero-order valence-electron chi connectivity index (χ0n) is 10.7. The van der Waals surface area contributed by atoms with Gasteiger partial charge in [-0.05, 0) is 31.0 Å². The largest absolute Gasteiger partial charge is 0.339 e. The predicted octanol–water partition coefficient (Wildman–Crippen LogP) is 1.84. The zero-order valence-corrected chi connectivity index (χ0v) is 12.2. The van der Waals surface area contributed by atoms with Crippen molar-refractivity contribution in [1.29, 1.82) is 0 Å². The van der Waals surface area contributed by atoms with Crippen molar-refractivity contribution in [1.82, 2.24) is 10.3 Å². The molecule has 0 saturated carbocycles. The van der Waals surface area contributed by atoms with Gasteiger partial charge in [0.1, 0.15) is 0 Å². The number of carbonyl (C=O) groups excluding carboxylic acids is 2. The van der Waals surface area contributed by atoms with E-state index in [1.807, 2.05) is 0 Å². The van der Waals surface area contributed by atoms with Crippen molar-refractivity contribution >= 4 is 35.0 Å². The normalized spacial score (nSPS) is 16.1. The van der Waals surface area contributed by atoms with Crippen molar-refractivity contribution in [3.63, 3.8) is 0 Å². The third kappa shape index (κ3) is 3.23. The van der Waals surface area contributed by atoms with E-state index in [4.69, 9.17) is 29.0 Å². The molecule has 0 spiro atoms. The summed E-state index contributed by atoms with van der Waals surface area (Å²) in [5.41, 5.74) is 2.58. The van der Waals surface area contributed by atoms with Crippen molar-refractivity contribution in [3.05, 3.63) is 33.8 Å². The number of hydrazine groups is 1. The molecule has 0 bridgehead atoms. The topological polar surface area (TPSA) is 75.4 Å². The van der Waals surface area contributed by atoms with Gasteiger partial charge in [0, 0.05) is 24.0 Å². The van der Waals surface area contributed by atoms with Crippen LogP contribution in [0, 0.1) is 5.92 Å². The molecule has 108 valence electrons. The standard InChI is InChI=1S/C13H15Cl2N3O2/c14-9-1-2-10(11(15)7-9)13(20)18-5-3-8(4-6-18)12(19)17-16/h1-2,7-8H,3-6,16H2,(H,17,19). The average molecular weight is 316 g/mol. The van der Waals surface area contributed by atoms with Gasteiger partial charge in [-0.1, -0.05) is 23.2 Å². The number of halogens is 2. The second-order valence-electron chi connectivity index (χ2n) is 4.70. The number of benzene rings is 1. The molecule has 0 radical (unpaired) electrons. The molecule has 0 unspecified atom stereocenters. The van der Waals surface area contributed by atoms with Crippen LogP contribution in [0.4, 0.5) is 0 Å². The molecule has 3 N–H and O–H groups in total. The van der Waals surface area contributed by atoms with E-state index in [0.717, 1.165) is 0 Å². The third-order valence-corrected chi connectivity index (χ3v) is 4.00. The predicted molar refractivity (Wildman–Crippen MR) is 77.4 cm³/mol. The number of rotatable bonds is 2. The van der Waals surface area contributed by atoms with Gasteiger partial charge in [-0.3, -0.25) is 15.0 Å². The van der Waals surface area contributed by atoms with E-state index in [2.05, 4.69) is 5.43 Å². The van der Waals surface area contributed by atoms with Crippen LogP contribution < -0.4 is 11.3 Å². The Kier molecular flexibility index (Phi) is 4.86. The monoisotopic (exact) mass is 315 g/mol. The van der Waals surface area contributed by atoms with Crippen LogP contribution in [-0.2, 0) is 4.79 Å². The summed E-state index contributed by atoms with van der Waals surface area (Å²) in [5.74, 6) is 4.66. The van der Waals surface area contributed by atoms with Crippen molar-refractivity contribution in [2.45, 2.75) is 12.8 Å². The second-order valence-corrected chi connectivity index (χ2v) is 5.54. The molecule has 1 aliphatic rings. The lowest BCUT2D eigenvalue weighted by Crippen LogP contribution is -2.44. The molecule has 0 aromatic heterocycles. The first-order valence-corrected chi connectivity index (χ1v) is 7.03. The Morgan fingerprint density at radius 3 is 2.45 bits per heavy atom. The molecule has 1 aromatic rings. The molecular formula is C13H15Cl2N3O2. The minimum atomic E-state index is -0.179. The van der Waals surface area contributed by atoms with Crippen LogP contribution >= 0.6 is 23.2 Å². The van der Waals surface area contributed by atoms with Crippen molar-refractivity contribution < 1.29 is 9.59 Å². The molecule has 0 atom stereocenters. The quantitative estimate of drug-likeness (QED) is 0.496. The summed E-state index contributed by atoms with van der Waals surface area (Å²) < 4.78 is 0. The van der Waals surface area contributed by atoms with Gasteiger partial charge in [0.2, 0.25) is 5.91 Å². The summed E-state index contributed by atoms with van der Waals surface area (Å²) in [4.78, 5) is 25.5. The van der Waals surface area contributed by atoms with Crippen LogP contribution in [0.3, 0.4) is 0 Å². The Hall–Kier alpha value is -1.30. The van der Waals surface area contributed by atoms with Gasteiger partial charge in [0.25, 0.3) is 5.91 Å². The molecule has 20 heavy (non-hydrogen) atoms. The fourth-order valence-corrected chi connectivity index (χ4v) is 2.79. The van der Waals surface area contributed by atoms with E-state index in [-0.39, 0.29) is 17.7 Å². The van der Waals surface area contributed by atoms with E-state index in [1.54, 1.807) is 23.1 Å². The van der Waals surface area contributed by atoms with E-state index >= 15 is 0 Å². The zero-order chi connectivity index (χ0) is 14.7. The minimum Gasteiger partial charge on any atom is -0.339 e. The van der Waals surface area contributed by atoms with E-state index in [1.165, 1.54) is 0 Å². The summed E-state index contributed by atoms with van der Waals surface area (Å²) in [6.07, 6.45) is 1.19. The first-order chi connectivity index (χ1) is 9.52. The first-order valence-electron chi connectivity index (χ1n) is 6.27. The number of piperidine rings is 1. The summed E-state index contributed by atoms with van der Waals surface area (Å²) in [5, 5.41) is 0.828. The van der Waals surface area contributed by atoms with Crippen molar-refractivity contribution in [2.75, 3.05) is 13.1 Å². The van der Waals surface area contributed by atoms with Crippen molar-refractivity contribution in [3.8, 4) is 0 Å². The number of likely N-dealkylation sites (tertiary alicyclic amines) is 1. The summed E-state index contributed by atoms with van der Waals surface area (Å²) in [6, 6.07) is 4.80. The van der Waals surface area contributed by atoms with Gasteiger partial charge in [0.15, 0.2) is 0 Å². The van der Waals surface area contributed by atoms with E-state index in [0.29, 0.717) is 41.5 Å². The van der Waals surface area contributed by atoms with Gasteiger partial charge in [0.05, 0.1) is 10.6 Å². The Morgan fingerprint density at radius 2 is 1.90 bits per heavy atom. The SMILES string of the molecule is NNC(=O)C1CCN(C(=O)c2ccc(Cl)cc2Cl)CC1. The molecule has 0 aliphatic carbocycles. The molecule has 5 nitrogen and oxygen atoms in total. The number of amides is 2. The molecule has 2 rings (SSSR count). The van der Waals surface area contributed by atoms with Crippen LogP contribution in [0.1, 0.15) is 23.2 Å². The second kappa shape index (κ2) is 6.43. The Morgan fingerprint density at radius 1 is 1.25 bits per heavy atom. The molecule has 7 heteroatoms. The average Bonchev–Trinajstić information content (AvgIpc) is 2.46. The maximum absolute atomic E-state index is 12.4. The Bertz CT molecular complexity index is 528. The third-order valence-electron chi connectivity index (χ3n) is 3.46. The highest BCUT2D eigenvalue weighted by molar-refractivity contribution is 6.36. The molecule has 1 fully saturated rings. The number of hydrogen-bond donors (Lipinski definition) is 2. The number of carbonyl (C=O) groups is 2. The maximum Gasteiger partial charge on any atom is 0.255 e. The van der Waals surface area contributed by atoms with Crippen molar-refractivity contribution in [2.24, 2.45) is 11.8 Å². The summed E-state index contributed by atoms with van der Waals surface area (Å²) in [7, 11) is 0. The Balaban J connectivity index is 2.03. The number of nitrogens with zero attached hydrogens (tertiary/aromatic N) is 1. The van der Waals surface area contributed by atoms with Gasteiger partial charge in [-0.15, -0.1) is 0 Å². The smallest absolute Gasteiger partial charge is 0.255 e. The van der Waals surface area contributed by atoms with Crippen LogP contribution in [0.2, 0.25) is 10.0 Å².